The van der Waals surface area contributed by atoms with Crippen LogP contribution in [0.1, 0.15) is 24.2 Å². The third-order valence-corrected chi connectivity index (χ3v) is 5.69. The Labute approximate surface area is 180 Å². The zero-order chi connectivity index (χ0) is 20.1. The largest absolute Gasteiger partial charge is 0.489 e. The van der Waals surface area contributed by atoms with Crippen LogP contribution in [-0.2, 0) is 20.7 Å². The molecule has 8 heteroatoms. The van der Waals surface area contributed by atoms with Crippen LogP contribution in [0, 0.1) is 3.57 Å². The fourth-order valence-electron chi connectivity index (χ4n) is 2.74. The number of ether oxygens (including phenoxy) is 2. The first kappa shape index (κ1) is 20.7. The van der Waals surface area contributed by atoms with Crippen molar-refractivity contribution in [1.82, 2.24) is 5.32 Å². The van der Waals surface area contributed by atoms with Gasteiger partial charge in [-0.05, 0) is 64.4 Å². The summed E-state index contributed by atoms with van der Waals surface area (Å²) in [6.45, 7) is 1.56. The Balaban J connectivity index is 1.61. The molecule has 1 aliphatic heterocycles. The Morgan fingerprint density at radius 1 is 1.21 bits per heavy atom. The lowest BCUT2D eigenvalue weighted by atomic mass is 10.1. The maximum Gasteiger partial charge on any atom is 0.303 e. The molecule has 2 amide bonds. The molecule has 0 saturated carbocycles. The first-order valence-electron chi connectivity index (χ1n) is 8.56. The highest BCUT2D eigenvalue weighted by molar-refractivity contribution is 14.1. The third-order valence-electron chi connectivity index (χ3n) is 4.04. The second kappa shape index (κ2) is 9.42. The number of benzene rings is 2. The quantitative estimate of drug-likeness (QED) is 0.449. The molecule has 1 aliphatic rings. The molecule has 2 aromatic rings. The third kappa shape index (κ3) is 5.71. The molecule has 2 atom stereocenters. The number of imide groups is 1. The van der Waals surface area contributed by atoms with Crippen LogP contribution in [0.2, 0.25) is 0 Å². The minimum absolute atomic E-state index is 0.189. The van der Waals surface area contributed by atoms with E-state index in [-0.39, 0.29) is 23.7 Å². The Morgan fingerprint density at radius 2 is 1.96 bits per heavy atom. The first-order chi connectivity index (χ1) is 13.4. The van der Waals surface area contributed by atoms with Crippen molar-refractivity contribution >= 4 is 51.5 Å². The molecule has 3 rings (SSSR count). The number of thioether (sulfide) groups is 1. The lowest BCUT2D eigenvalue weighted by Crippen LogP contribution is -2.25. The van der Waals surface area contributed by atoms with Crippen molar-refractivity contribution in [2.24, 2.45) is 0 Å². The molecule has 1 saturated heterocycles. The molecule has 0 spiro atoms. The van der Waals surface area contributed by atoms with Crippen molar-refractivity contribution in [2.45, 2.75) is 24.7 Å². The van der Waals surface area contributed by atoms with Gasteiger partial charge in [0.2, 0.25) is 5.91 Å². The van der Waals surface area contributed by atoms with Gasteiger partial charge < -0.3 is 9.47 Å². The maximum atomic E-state index is 11.7. The Kier molecular flexibility index (Phi) is 6.95. The van der Waals surface area contributed by atoms with Gasteiger partial charge in [-0.25, -0.2) is 0 Å². The maximum absolute atomic E-state index is 11.7. The summed E-state index contributed by atoms with van der Waals surface area (Å²) in [5.74, 6) is 0.00729. The lowest BCUT2D eigenvalue weighted by Gasteiger charge is -2.18. The van der Waals surface area contributed by atoms with Crippen LogP contribution < -0.4 is 10.1 Å². The molecule has 0 bridgehead atoms. The minimum atomic E-state index is -0.503. The van der Waals surface area contributed by atoms with E-state index in [1.54, 1.807) is 12.1 Å². The van der Waals surface area contributed by atoms with Crippen LogP contribution in [0.5, 0.6) is 5.75 Å². The van der Waals surface area contributed by atoms with E-state index >= 15 is 0 Å². The van der Waals surface area contributed by atoms with Crippen LogP contribution in [0.25, 0.3) is 0 Å². The second-order valence-electron chi connectivity index (χ2n) is 6.20. The predicted molar refractivity (Wildman–Crippen MR) is 114 cm³/mol. The van der Waals surface area contributed by atoms with Crippen LogP contribution in [-0.4, -0.2) is 29.0 Å². The van der Waals surface area contributed by atoms with Crippen LogP contribution in [0.3, 0.4) is 0 Å². The summed E-state index contributed by atoms with van der Waals surface area (Å²) in [5.41, 5.74) is 1.80. The highest BCUT2D eigenvalue weighted by Crippen LogP contribution is 2.25. The van der Waals surface area contributed by atoms with Crippen LogP contribution >= 0.6 is 34.4 Å². The monoisotopic (exact) mass is 511 g/mol. The molecule has 146 valence electrons. The highest BCUT2D eigenvalue weighted by atomic mass is 127. The molecule has 6 nitrogen and oxygen atoms in total. The normalized spacial score (nSPS) is 17.1. The molecule has 28 heavy (non-hydrogen) atoms. The fraction of sp³-hybridized carbons (Fsp3) is 0.250. The Hall–Kier alpha value is -2.07. The van der Waals surface area contributed by atoms with Crippen molar-refractivity contribution in [1.29, 1.82) is 0 Å². The zero-order valence-electron chi connectivity index (χ0n) is 15.0. The van der Waals surface area contributed by atoms with Crippen molar-refractivity contribution in [2.75, 3.05) is 6.61 Å². The molecule has 0 aromatic heterocycles. The van der Waals surface area contributed by atoms with Crippen molar-refractivity contribution < 1.29 is 23.9 Å². The number of esters is 1. The summed E-state index contributed by atoms with van der Waals surface area (Å²) >= 11 is 3.22. The molecule has 1 fully saturated rings. The predicted octanol–water partition coefficient (Wildman–Crippen LogP) is 3.87. The van der Waals surface area contributed by atoms with E-state index in [2.05, 4.69) is 27.9 Å². The van der Waals surface area contributed by atoms with Crippen molar-refractivity contribution in [3.8, 4) is 5.75 Å². The summed E-state index contributed by atoms with van der Waals surface area (Å²) in [4.78, 5) is 34.4. The summed E-state index contributed by atoms with van der Waals surface area (Å²) in [5, 5.41) is 1.59. The smallest absolute Gasteiger partial charge is 0.303 e. The van der Waals surface area contributed by atoms with E-state index in [9.17, 15) is 14.4 Å². The molecular formula is C20H18INO5S. The Morgan fingerprint density at radius 3 is 2.57 bits per heavy atom. The molecule has 0 radical (unpaired) electrons. The van der Waals surface area contributed by atoms with Gasteiger partial charge in [0.05, 0.1) is 5.25 Å². The van der Waals surface area contributed by atoms with E-state index in [1.807, 2.05) is 36.4 Å². The minimum Gasteiger partial charge on any atom is -0.489 e. The van der Waals surface area contributed by atoms with Gasteiger partial charge in [-0.1, -0.05) is 36.0 Å². The molecule has 1 heterocycles. The number of amides is 2. The standard InChI is InChI=1S/C20H18INO5S/c1-12(23)27-17(14-3-2-4-15(21)10-14)11-26-16-7-5-13(6-8-16)9-18-19(24)22-20(25)28-18/h2-8,10,17-18H,9,11H2,1H3,(H,22,24,25)/t17-,18?/m1/s1. The number of rotatable bonds is 7. The second-order valence-corrected chi connectivity index (χ2v) is 8.62. The number of carbonyl (C=O) groups excluding carboxylic acids is 3. The topological polar surface area (TPSA) is 81.7 Å². The van der Waals surface area contributed by atoms with Gasteiger partial charge in [0.1, 0.15) is 12.4 Å². The number of nitrogens with one attached hydrogen (secondary N) is 1. The summed E-state index contributed by atoms with van der Waals surface area (Å²) in [6.07, 6.45) is -0.0300. The molecular weight excluding hydrogens is 493 g/mol. The number of halogens is 1. The van der Waals surface area contributed by atoms with Gasteiger partial charge in [-0.15, -0.1) is 0 Å². The van der Waals surface area contributed by atoms with Crippen LogP contribution in [0.4, 0.5) is 4.79 Å². The van der Waals surface area contributed by atoms with E-state index in [4.69, 9.17) is 9.47 Å². The Bertz CT molecular complexity index is 886. The summed E-state index contributed by atoms with van der Waals surface area (Å²) < 4.78 is 12.3. The lowest BCUT2D eigenvalue weighted by molar-refractivity contribution is -0.148. The van der Waals surface area contributed by atoms with Gasteiger partial charge in [-0.3, -0.25) is 19.7 Å². The molecule has 1 unspecified atom stereocenters. The number of carbonyl (C=O) groups is 3. The summed E-state index contributed by atoms with van der Waals surface area (Å²) in [6, 6.07) is 15.0. The average molecular weight is 511 g/mol. The molecule has 2 aromatic carbocycles. The van der Waals surface area contributed by atoms with Gasteiger partial charge in [-0.2, -0.15) is 0 Å². The van der Waals surface area contributed by atoms with E-state index in [0.717, 1.165) is 26.5 Å². The highest BCUT2D eigenvalue weighted by Gasteiger charge is 2.31. The van der Waals surface area contributed by atoms with Crippen molar-refractivity contribution in [3.63, 3.8) is 0 Å². The SMILES string of the molecule is CC(=O)O[C@H](COc1ccc(CC2SC(=O)NC2=O)cc1)c1cccc(I)c1. The van der Waals surface area contributed by atoms with Gasteiger partial charge in [0.15, 0.2) is 6.10 Å². The molecule has 1 N–H and O–H groups in total. The summed E-state index contributed by atoms with van der Waals surface area (Å²) in [7, 11) is 0. The number of hydrogen-bond acceptors (Lipinski definition) is 6. The fourth-order valence-corrected chi connectivity index (χ4v) is 4.17. The zero-order valence-corrected chi connectivity index (χ0v) is 18.0. The average Bonchev–Trinajstić information content (AvgIpc) is 2.96. The van der Waals surface area contributed by atoms with Crippen molar-refractivity contribution in [3.05, 3.63) is 63.2 Å². The van der Waals surface area contributed by atoms with Gasteiger partial charge in [0, 0.05) is 10.5 Å². The first-order valence-corrected chi connectivity index (χ1v) is 10.5. The molecule has 0 aliphatic carbocycles. The van der Waals surface area contributed by atoms with Gasteiger partial charge >= 0.3 is 5.97 Å². The van der Waals surface area contributed by atoms with E-state index in [1.165, 1.54) is 6.92 Å². The van der Waals surface area contributed by atoms with Crippen LogP contribution in [0.15, 0.2) is 48.5 Å². The van der Waals surface area contributed by atoms with E-state index < -0.39 is 11.4 Å². The number of hydrogen-bond donors (Lipinski definition) is 1. The van der Waals surface area contributed by atoms with E-state index in [0.29, 0.717) is 12.2 Å². The van der Waals surface area contributed by atoms with Gasteiger partial charge in [0.25, 0.3) is 5.24 Å².